The Bertz CT molecular complexity index is 513. The molecule has 1 heterocycles. The number of hydrogen-bond donors (Lipinski definition) is 1. The third-order valence-corrected chi connectivity index (χ3v) is 3.80. The Kier molecular flexibility index (Phi) is 5.27. The molecule has 0 aromatic heterocycles. The third-order valence-electron chi connectivity index (χ3n) is 3.31. The van der Waals surface area contributed by atoms with Crippen LogP contribution in [-0.2, 0) is 10.9 Å². The zero-order valence-electron chi connectivity index (χ0n) is 11.2. The highest BCUT2D eigenvalue weighted by Crippen LogP contribution is 2.33. The number of nitrogens with one attached hydrogen (secondary N) is 1. The Balaban J connectivity index is 2.01. The minimum Gasteiger partial charge on any atom is -0.378 e. The predicted octanol–water partition coefficient (Wildman–Crippen LogP) is 3.77. The van der Waals surface area contributed by atoms with E-state index in [1.165, 1.54) is 12.1 Å². The van der Waals surface area contributed by atoms with Crippen molar-refractivity contribution in [2.45, 2.75) is 31.5 Å². The molecule has 0 aliphatic carbocycles. The first-order chi connectivity index (χ1) is 9.88. The van der Waals surface area contributed by atoms with Gasteiger partial charge in [-0.1, -0.05) is 15.9 Å². The first-order valence-electron chi connectivity index (χ1n) is 6.64. The maximum atomic E-state index is 12.9. The highest BCUT2D eigenvalue weighted by molar-refractivity contribution is 9.10. The molecular weight excluding hydrogens is 351 g/mol. The van der Waals surface area contributed by atoms with Crippen molar-refractivity contribution in [1.29, 1.82) is 0 Å². The van der Waals surface area contributed by atoms with Crippen molar-refractivity contribution in [2.75, 3.05) is 13.2 Å². The largest absolute Gasteiger partial charge is 0.417 e. The van der Waals surface area contributed by atoms with E-state index in [0.717, 1.165) is 18.9 Å². The zero-order valence-corrected chi connectivity index (χ0v) is 12.8. The standard InChI is InChI=1S/C14H15BrF3NO2/c15-9-3-4-11(12(8-9)14(16,17)18)13(20)19-6-5-10-2-1-7-21-10/h3-4,8,10H,1-2,5-7H2,(H,19,20). The van der Waals surface area contributed by atoms with Gasteiger partial charge in [0.1, 0.15) is 0 Å². The van der Waals surface area contributed by atoms with Gasteiger partial charge < -0.3 is 10.1 Å². The fourth-order valence-electron chi connectivity index (χ4n) is 2.26. The molecule has 7 heteroatoms. The van der Waals surface area contributed by atoms with E-state index in [9.17, 15) is 18.0 Å². The monoisotopic (exact) mass is 365 g/mol. The molecule has 1 saturated heterocycles. The van der Waals surface area contributed by atoms with Crippen molar-refractivity contribution in [2.24, 2.45) is 0 Å². The molecule has 0 bridgehead atoms. The number of benzene rings is 1. The molecule has 1 amide bonds. The van der Waals surface area contributed by atoms with Crippen LogP contribution in [0.4, 0.5) is 13.2 Å². The van der Waals surface area contributed by atoms with Crippen LogP contribution in [0.3, 0.4) is 0 Å². The van der Waals surface area contributed by atoms with E-state index in [1.807, 2.05) is 0 Å². The van der Waals surface area contributed by atoms with Gasteiger partial charge in [-0.2, -0.15) is 13.2 Å². The number of amides is 1. The van der Waals surface area contributed by atoms with E-state index in [4.69, 9.17) is 4.74 Å². The summed E-state index contributed by atoms with van der Waals surface area (Å²) in [4.78, 5) is 11.9. The Morgan fingerprint density at radius 2 is 2.19 bits per heavy atom. The van der Waals surface area contributed by atoms with Crippen LogP contribution in [0.25, 0.3) is 0 Å². The van der Waals surface area contributed by atoms with Crippen LogP contribution in [-0.4, -0.2) is 25.2 Å². The number of ether oxygens (including phenoxy) is 1. The Hall–Kier alpha value is -1.08. The van der Waals surface area contributed by atoms with Gasteiger partial charge in [-0.15, -0.1) is 0 Å². The van der Waals surface area contributed by atoms with Crippen LogP contribution < -0.4 is 5.32 Å². The van der Waals surface area contributed by atoms with Gasteiger partial charge in [-0.25, -0.2) is 0 Å². The summed E-state index contributed by atoms with van der Waals surface area (Å²) >= 11 is 2.99. The van der Waals surface area contributed by atoms with Crippen LogP contribution in [0.5, 0.6) is 0 Å². The van der Waals surface area contributed by atoms with Gasteiger partial charge in [0.05, 0.1) is 17.2 Å². The Morgan fingerprint density at radius 1 is 1.43 bits per heavy atom. The maximum absolute atomic E-state index is 12.9. The average Bonchev–Trinajstić information content (AvgIpc) is 2.90. The molecular formula is C14H15BrF3NO2. The summed E-state index contributed by atoms with van der Waals surface area (Å²) in [6, 6.07) is 3.51. The van der Waals surface area contributed by atoms with Gasteiger partial charge in [0.2, 0.25) is 0 Å². The van der Waals surface area contributed by atoms with Gasteiger partial charge in [0.25, 0.3) is 5.91 Å². The number of halogens is 4. The molecule has 0 radical (unpaired) electrons. The van der Waals surface area contributed by atoms with Crippen molar-refractivity contribution in [3.63, 3.8) is 0 Å². The van der Waals surface area contributed by atoms with Crippen molar-refractivity contribution in [3.8, 4) is 0 Å². The second kappa shape index (κ2) is 6.79. The lowest BCUT2D eigenvalue weighted by Gasteiger charge is -2.14. The van der Waals surface area contributed by atoms with Gasteiger partial charge in [0.15, 0.2) is 0 Å². The molecule has 1 unspecified atom stereocenters. The summed E-state index contributed by atoms with van der Waals surface area (Å²) in [6.45, 7) is 1.01. The van der Waals surface area contributed by atoms with E-state index < -0.39 is 17.6 Å². The summed E-state index contributed by atoms with van der Waals surface area (Å²) in [5.74, 6) is -0.715. The second-order valence-electron chi connectivity index (χ2n) is 4.87. The van der Waals surface area contributed by atoms with Crippen molar-refractivity contribution in [3.05, 3.63) is 33.8 Å². The first kappa shape index (κ1) is 16.3. The number of carbonyl (C=O) groups excluding carboxylic acids is 1. The van der Waals surface area contributed by atoms with Crippen LogP contribution >= 0.6 is 15.9 Å². The van der Waals surface area contributed by atoms with Gasteiger partial charge >= 0.3 is 6.18 Å². The summed E-state index contributed by atoms with van der Waals surface area (Å²) in [7, 11) is 0. The van der Waals surface area contributed by atoms with E-state index in [-0.39, 0.29) is 16.1 Å². The third kappa shape index (κ3) is 4.44. The summed E-state index contributed by atoms with van der Waals surface area (Å²) < 4.78 is 44.5. The zero-order chi connectivity index (χ0) is 15.5. The topological polar surface area (TPSA) is 38.3 Å². The molecule has 1 aromatic carbocycles. The number of hydrogen-bond acceptors (Lipinski definition) is 2. The fourth-order valence-corrected chi connectivity index (χ4v) is 2.62. The van der Waals surface area contributed by atoms with Crippen molar-refractivity contribution in [1.82, 2.24) is 5.32 Å². The maximum Gasteiger partial charge on any atom is 0.417 e. The van der Waals surface area contributed by atoms with E-state index in [2.05, 4.69) is 21.2 Å². The number of carbonyl (C=O) groups is 1. The lowest BCUT2D eigenvalue weighted by atomic mass is 10.1. The summed E-state index contributed by atoms with van der Waals surface area (Å²) in [5, 5.41) is 2.52. The summed E-state index contributed by atoms with van der Waals surface area (Å²) in [6.07, 6.45) is -1.93. The average molecular weight is 366 g/mol. The molecule has 0 spiro atoms. The van der Waals surface area contributed by atoms with E-state index in [1.54, 1.807) is 0 Å². The van der Waals surface area contributed by atoms with E-state index in [0.29, 0.717) is 19.6 Å². The van der Waals surface area contributed by atoms with Crippen LogP contribution in [0.1, 0.15) is 35.2 Å². The highest BCUT2D eigenvalue weighted by Gasteiger charge is 2.35. The minimum absolute atomic E-state index is 0.0947. The molecule has 116 valence electrons. The Labute approximate surface area is 129 Å². The highest BCUT2D eigenvalue weighted by atomic mass is 79.9. The van der Waals surface area contributed by atoms with Crippen LogP contribution in [0, 0.1) is 0 Å². The molecule has 1 aliphatic heterocycles. The smallest absolute Gasteiger partial charge is 0.378 e. The van der Waals surface area contributed by atoms with Gasteiger partial charge in [-0.05, 0) is 37.5 Å². The lowest BCUT2D eigenvalue weighted by Crippen LogP contribution is -2.29. The molecule has 0 saturated carbocycles. The first-order valence-corrected chi connectivity index (χ1v) is 7.44. The van der Waals surface area contributed by atoms with Crippen molar-refractivity contribution < 1.29 is 22.7 Å². The predicted molar refractivity (Wildman–Crippen MR) is 75.1 cm³/mol. The molecule has 1 N–H and O–H groups in total. The summed E-state index contributed by atoms with van der Waals surface area (Å²) in [5.41, 5.74) is -1.30. The minimum atomic E-state index is -4.56. The number of alkyl halides is 3. The molecule has 21 heavy (non-hydrogen) atoms. The molecule has 1 fully saturated rings. The van der Waals surface area contributed by atoms with E-state index >= 15 is 0 Å². The number of rotatable bonds is 4. The lowest BCUT2D eigenvalue weighted by molar-refractivity contribution is -0.138. The molecule has 2 rings (SSSR count). The Morgan fingerprint density at radius 3 is 2.81 bits per heavy atom. The second-order valence-corrected chi connectivity index (χ2v) is 5.78. The van der Waals surface area contributed by atoms with Crippen LogP contribution in [0.2, 0.25) is 0 Å². The van der Waals surface area contributed by atoms with Gasteiger partial charge in [0, 0.05) is 17.6 Å². The molecule has 1 aromatic rings. The van der Waals surface area contributed by atoms with Crippen LogP contribution in [0.15, 0.2) is 22.7 Å². The normalized spacial score (nSPS) is 18.8. The fraction of sp³-hybridized carbons (Fsp3) is 0.500. The quantitative estimate of drug-likeness (QED) is 0.881. The molecule has 3 nitrogen and oxygen atoms in total. The van der Waals surface area contributed by atoms with Gasteiger partial charge in [-0.3, -0.25) is 4.79 Å². The molecule has 1 atom stereocenters. The molecule has 1 aliphatic rings. The van der Waals surface area contributed by atoms with Crippen molar-refractivity contribution >= 4 is 21.8 Å². The SMILES string of the molecule is O=C(NCCC1CCCO1)c1ccc(Br)cc1C(F)(F)F.